The molecule has 2 amide bonds. The Morgan fingerprint density at radius 3 is 2.68 bits per heavy atom. The van der Waals surface area contributed by atoms with Crippen LogP contribution in [-0.2, 0) is 21.5 Å². The number of aromatic nitrogens is 1. The highest BCUT2D eigenvalue weighted by molar-refractivity contribution is 7.86. The minimum atomic E-state index is -3.58. The highest BCUT2D eigenvalue weighted by Crippen LogP contribution is 2.23. The Morgan fingerprint density at radius 2 is 1.97 bits per heavy atom. The van der Waals surface area contributed by atoms with Crippen LogP contribution in [-0.4, -0.2) is 61.0 Å². The van der Waals surface area contributed by atoms with E-state index in [2.05, 4.69) is 15.6 Å². The van der Waals surface area contributed by atoms with Crippen molar-refractivity contribution < 1.29 is 18.0 Å². The number of hydrogen-bond acceptors (Lipinski definition) is 5. The largest absolute Gasteiger partial charge is 0.348 e. The van der Waals surface area contributed by atoms with Crippen LogP contribution in [0.5, 0.6) is 0 Å². The lowest BCUT2D eigenvalue weighted by Gasteiger charge is -2.32. The van der Waals surface area contributed by atoms with Crippen molar-refractivity contribution >= 4 is 27.7 Å². The number of benzene rings is 1. The van der Waals surface area contributed by atoms with Crippen molar-refractivity contribution in [3.05, 3.63) is 59.9 Å². The molecule has 2 aromatic rings. The number of anilines is 1. The molecule has 0 saturated carbocycles. The Kier molecular flexibility index (Phi) is 7.37. The summed E-state index contributed by atoms with van der Waals surface area (Å²) in [4.78, 5) is 29.6. The molecule has 0 unspecified atom stereocenters. The molecule has 1 aromatic heterocycles. The molecule has 0 aliphatic carbocycles. The van der Waals surface area contributed by atoms with Crippen LogP contribution in [0.25, 0.3) is 0 Å². The minimum Gasteiger partial charge on any atom is -0.348 e. The van der Waals surface area contributed by atoms with E-state index in [-0.39, 0.29) is 18.4 Å². The highest BCUT2D eigenvalue weighted by atomic mass is 32.2. The first-order chi connectivity index (χ1) is 14.8. The molecule has 1 saturated heterocycles. The summed E-state index contributed by atoms with van der Waals surface area (Å²) in [6.45, 7) is 0.814. The van der Waals surface area contributed by atoms with Gasteiger partial charge in [-0.2, -0.15) is 17.0 Å². The third kappa shape index (κ3) is 5.66. The maximum absolute atomic E-state index is 12.9. The Balaban J connectivity index is 1.67. The molecule has 0 radical (unpaired) electrons. The normalized spacial score (nSPS) is 17.3. The van der Waals surface area contributed by atoms with Crippen LogP contribution in [0.15, 0.2) is 48.8 Å². The van der Waals surface area contributed by atoms with E-state index in [1.165, 1.54) is 18.4 Å². The van der Waals surface area contributed by atoms with E-state index < -0.39 is 16.1 Å². The molecule has 1 atom stereocenters. The lowest BCUT2D eigenvalue weighted by Crippen LogP contribution is -2.47. The van der Waals surface area contributed by atoms with Crippen LogP contribution in [0.4, 0.5) is 5.69 Å². The van der Waals surface area contributed by atoms with Gasteiger partial charge in [0, 0.05) is 46.1 Å². The molecule has 2 N–H and O–H groups in total. The number of rotatable bonds is 7. The van der Waals surface area contributed by atoms with Gasteiger partial charge in [0.25, 0.3) is 16.1 Å². The zero-order chi connectivity index (χ0) is 22.4. The molecule has 10 heteroatoms. The molecule has 3 rings (SSSR count). The van der Waals surface area contributed by atoms with Gasteiger partial charge in [-0.15, -0.1) is 0 Å². The fraction of sp³-hybridized carbons (Fsp3) is 0.381. The van der Waals surface area contributed by atoms with Crippen molar-refractivity contribution in [2.75, 3.05) is 32.5 Å². The van der Waals surface area contributed by atoms with E-state index in [1.807, 2.05) is 6.07 Å². The lowest BCUT2D eigenvalue weighted by molar-refractivity contribution is -0.120. The second-order valence-electron chi connectivity index (χ2n) is 7.57. The Bertz CT molecular complexity index is 1030. The minimum absolute atomic E-state index is 0.113. The SMILES string of the molecule is CN(C)S(=O)(=O)N1CCC[C@H](C(=O)Nc2ccccc2C(=O)NCc2cccnc2)C1. The average Bonchev–Trinajstić information content (AvgIpc) is 2.78. The third-order valence-corrected chi connectivity index (χ3v) is 7.06. The molecule has 166 valence electrons. The molecule has 1 aromatic carbocycles. The third-order valence-electron chi connectivity index (χ3n) is 5.15. The smallest absolute Gasteiger partial charge is 0.281 e. The van der Waals surface area contributed by atoms with Gasteiger partial charge in [-0.1, -0.05) is 18.2 Å². The van der Waals surface area contributed by atoms with E-state index in [1.54, 1.807) is 42.7 Å². The van der Waals surface area contributed by atoms with Gasteiger partial charge in [-0.25, -0.2) is 0 Å². The first kappa shape index (κ1) is 22.9. The summed E-state index contributed by atoms with van der Waals surface area (Å²) in [6, 6.07) is 10.4. The van der Waals surface area contributed by atoms with Crippen LogP contribution < -0.4 is 10.6 Å². The van der Waals surface area contributed by atoms with E-state index >= 15 is 0 Å². The Morgan fingerprint density at radius 1 is 1.19 bits per heavy atom. The molecule has 9 nitrogen and oxygen atoms in total. The number of piperidine rings is 1. The maximum atomic E-state index is 12.9. The second-order valence-corrected chi connectivity index (χ2v) is 9.71. The predicted molar refractivity (Wildman–Crippen MR) is 117 cm³/mol. The van der Waals surface area contributed by atoms with Crippen molar-refractivity contribution in [1.82, 2.24) is 18.9 Å². The van der Waals surface area contributed by atoms with Gasteiger partial charge in [0.15, 0.2) is 0 Å². The van der Waals surface area contributed by atoms with E-state index in [4.69, 9.17) is 0 Å². The fourth-order valence-electron chi connectivity index (χ4n) is 3.40. The molecular formula is C21H27N5O4S. The lowest BCUT2D eigenvalue weighted by atomic mass is 9.98. The summed E-state index contributed by atoms with van der Waals surface area (Å²) in [5.41, 5.74) is 1.60. The monoisotopic (exact) mass is 445 g/mol. The van der Waals surface area contributed by atoms with Crippen molar-refractivity contribution in [3.63, 3.8) is 0 Å². The maximum Gasteiger partial charge on any atom is 0.281 e. The van der Waals surface area contributed by atoms with Gasteiger partial charge >= 0.3 is 0 Å². The first-order valence-electron chi connectivity index (χ1n) is 10.0. The van der Waals surface area contributed by atoms with Gasteiger partial charge in [-0.3, -0.25) is 14.6 Å². The van der Waals surface area contributed by atoms with E-state index in [0.29, 0.717) is 37.2 Å². The molecular weight excluding hydrogens is 418 g/mol. The van der Waals surface area contributed by atoms with Crippen molar-refractivity contribution in [1.29, 1.82) is 0 Å². The zero-order valence-electron chi connectivity index (χ0n) is 17.6. The zero-order valence-corrected chi connectivity index (χ0v) is 18.4. The molecule has 1 aliphatic rings. The van der Waals surface area contributed by atoms with Gasteiger partial charge < -0.3 is 10.6 Å². The summed E-state index contributed by atoms with van der Waals surface area (Å²) in [5, 5.41) is 5.64. The van der Waals surface area contributed by atoms with Crippen LogP contribution in [0, 0.1) is 5.92 Å². The summed E-state index contributed by atoms with van der Waals surface area (Å²) >= 11 is 0. The second kappa shape index (κ2) is 9.99. The van der Waals surface area contributed by atoms with E-state index in [0.717, 1.165) is 9.87 Å². The number of carbonyl (C=O) groups is 2. The van der Waals surface area contributed by atoms with Gasteiger partial charge in [0.1, 0.15) is 0 Å². The van der Waals surface area contributed by atoms with Crippen LogP contribution in [0.1, 0.15) is 28.8 Å². The Labute approximate surface area is 182 Å². The summed E-state index contributed by atoms with van der Waals surface area (Å²) in [5.74, 6) is -1.11. The molecule has 0 bridgehead atoms. The number of carbonyl (C=O) groups excluding carboxylic acids is 2. The number of para-hydroxylation sites is 1. The number of nitrogens with one attached hydrogen (secondary N) is 2. The number of hydrogen-bond donors (Lipinski definition) is 2. The average molecular weight is 446 g/mol. The summed E-state index contributed by atoms with van der Waals surface area (Å²) in [7, 11) is -0.634. The molecule has 1 aliphatic heterocycles. The van der Waals surface area contributed by atoms with Crippen LogP contribution >= 0.6 is 0 Å². The number of nitrogens with zero attached hydrogens (tertiary/aromatic N) is 3. The molecule has 2 heterocycles. The quantitative estimate of drug-likeness (QED) is 0.670. The topological polar surface area (TPSA) is 112 Å². The van der Waals surface area contributed by atoms with Gasteiger partial charge in [0.2, 0.25) is 5.91 Å². The number of pyridine rings is 1. The van der Waals surface area contributed by atoms with Gasteiger partial charge in [-0.05, 0) is 36.6 Å². The van der Waals surface area contributed by atoms with Crippen molar-refractivity contribution in [3.8, 4) is 0 Å². The predicted octanol–water partition coefficient (Wildman–Crippen LogP) is 1.47. The van der Waals surface area contributed by atoms with Crippen molar-refractivity contribution in [2.24, 2.45) is 5.92 Å². The molecule has 0 spiro atoms. The summed E-state index contributed by atoms with van der Waals surface area (Å²) in [6.07, 6.45) is 4.51. The standard InChI is InChI=1S/C21H27N5O4S/c1-25(2)31(29,30)26-12-6-8-17(15-26)20(27)24-19-10-4-3-9-18(19)21(28)23-14-16-7-5-11-22-13-16/h3-5,7,9-11,13,17H,6,8,12,14-15H2,1-2H3,(H,23,28)(H,24,27)/t17-/m0/s1. The highest BCUT2D eigenvalue weighted by Gasteiger charge is 2.33. The van der Waals surface area contributed by atoms with Crippen molar-refractivity contribution in [2.45, 2.75) is 19.4 Å². The van der Waals surface area contributed by atoms with Crippen LogP contribution in [0.2, 0.25) is 0 Å². The number of amides is 2. The fourth-order valence-corrected chi connectivity index (χ4v) is 4.59. The first-order valence-corrected chi connectivity index (χ1v) is 11.4. The molecule has 31 heavy (non-hydrogen) atoms. The van der Waals surface area contributed by atoms with E-state index in [9.17, 15) is 18.0 Å². The Hall–Kier alpha value is -2.82. The molecule has 1 fully saturated rings. The van der Waals surface area contributed by atoms with Crippen LogP contribution in [0.3, 0.4) is 0 Å². The van der Waals surface area contributed by atoms with Gasteiger partial charge in [0.05, 0.1) is 17.2 Å². The summed E-state index contributed by atoms with van der Waals surface area (Å²) < 4.78 is 27.3.